The van der Waals surface area contributed by atoms with Crippen LogP contribution in [0.25, 0.3) is 0 Å². The second-order valence-electron chi connectivity index (χ2n) is 17.5. The Kier molecular flexibility index (Phi) is 45.7. The number of esters is 1. The number of aliphatic hydroxyl groups is 1. The predicted octanol–water partition coefficient (Wildman–Crippen LogP) is 14.8. The first-order valence-electron chi connectivity index (χ1n) is 25.5. The fourth-order valence-corrected chi connectivity index (χ4v) is 8.44. The lowest BCUT2D eigenvalue weighted by molar-refractivity contribution is -0.147. The van der Waals surface area contributed by atoms with E-state index in [-0.39, 0.29) is 25.7 Å². The van der Waals surface area contributed by atoms with Crippen LogP contribution in [0.1, 0.15) is 271 Å². The molecule has 352 valence electrons. The van der Waals surface area contributed by atoms with E-state index in [0.717, 1.165) is 38.5 Å². The van der Waals surface area contributed by atoms with E-state index < -0.39 is 26.5 Å². The molecule has 0 fully saturated rings. The van der Waals surface area contributed by atoms with E-state index in [4.69, 9.17) is 13.8 Å². The average molecular weight is 860 g/mol. The van der Waals surface area contributed by atoms with Crippen molar-refractivity contribution in [3.63, 3.8) is 0 Å². The third-order valence-corrected chi connectivity index (χ3v) is 12.5. The van der Waals surface area contributed by atoms with Gasteiger partial charge in [-0.2, -0.15) is 0 Å². The van der Waals surface area contributed by atoms with Crippen LogP contribution in [0, 0.1) is 0 Å². The molecule has 0 aromatic carbocycles. The summed E-state index contributed by atoms with van der Waals surface area (Å²) in [6.07, 6.45) is 49.0. The van der Waals surface area contributed by atoms with Crippen LogP contribution in [0.5, 0.6) is 0 Å². The van der Waals surface area contributed by atoms with E-state index in [1.165, 1.54) is 205 Å². The van der Waals surface area contributed by atoms with Gasteiger partial charge in [-0.05, 0) is 12.8 Å². The summed E-state index contributed by atoms with van der Waals surface area (Å²) in [6, 6.07) is 0. The first-order chi connectivity index (χ1) is 28.8. The van der Waals surface area contributed by atoms with E-state index in [1.54, 1.807) is 0 Å². The van der Waals surface area contributed by atoms with Crippen LogP contribution in [0.4, 0.5) is 0 Å². The Morgan fingerprint density at radius 1 is 0.458 bits per heavy atom. The number of nitrogens with one attached hydrogen (secondary N) is 1. The number of carbonyl (C=O) groups is 2. The lowest BCUT2D eigenvalue weighted by atomic mass is 10.0. The molecule has 2 unspecified atom stereocenters. The van der Waals surface area contributed by atoms with Crippen molar-refractivity contribution in [2.45, 2.75) is 277 Å². The van der Waals surface area contributed by atoms with Gasteiger partial charge in [0.2, 0.25) is 5.91 Å². The Labute approximate surface area is 365 Å². The molecule has 0 spiro atoms. The minimum atomic E-state index is -4.41. The molecule has 9 nitrogen and oxygen atoms in total. The Morgan fingerprint density at radius 3 is 1.10 bits per heavy atom. The van der Waals surface area contributed by atoms with Crippen molar-refractivity contribution in [2.75, 3.05) is 26.4 Å². The van der Waals surface area contributed by atoms with Crippen molar-refractivity contribution in [3.05, 3.63) is 0 Å². The predicted molar refractivity (Wildman–Crippen MR) is 248 cm³/mol. The molecule has 0 heterocycles. The summed E-state index contributed by atoms with van der Waals surface area (Å²) in [5.41, 5.74) is 0. The maximum absolute atomic E-state index is 12.1. The molecule has 0 saturated heterocycles. The molecule has 0 aromatic heterocycles. The fraction of sp³-hybridized carbons (Fsp3) is 0.959. The van der Waals surface area contributed by atoms with Crippen molar-refractivity contribution < 1.29 is 37.9 Å². The topological polar surface area (TPSA) is 131 Å². The van der Waals surface area contributed by atoms with Crippen molar-refractivity contribution >= 4 is 19.7 Å². The molecule has 0 saturated carbocycles. The zero-order valence-electron chi connectivity index (χ0n) is 39.0. The van der Waals surface area contributed by atoms with Crippen LogP contribution < -0.4 is 5.32 Å². The van der Waals surface area contributed by atoms with Gasteiger partial charge in [0.1, 0.15) is 12.7 Å². The molecule has 10 heteroatoms. The highest BCUT2D eigenvalue weighted by atomic mass is 31.2. The standard InChI is InChI=1S/C49H98NO8P/c1-3-5-7-9-11-13-15-17-19-21-23-24-26-28-30-32-34-36-38-40-42-49(53)56-45-47(51)46-58-59(54,55)57-44-43-50-48(52)41-39-37-35-33-31-29-27-25-22-20-18-16-14-12-10-8-6-4-2/h47,51H,3-46H2,1-2H3,(H,50,52)(H,54,55). The number of aliphatic hydroxyl groups excluding tert-OH is 1. The Bertz CT molecular complexity index is 938. The number of hydrogen-bond acceptors (Lipinski definition) is 7. The third kappa shape index (κ3) is 47.9. The lowest BCUT2D eigenvalue weighted by Gasteiger charge is -2.15. The molecule has 0 aliphatic carbocycles. The summed E-state index contributed by atoms with van der Waals surface area (Å²) in [5, 5.41) is 12.8. The normalized spacial score (nSPS) is 13.1. The van der Waals surface area contributed by atoms with Crippen LogP contribution in [-0.4, -0.2) is 54.3 Å². The number of phosphoric acid groups is 1. The monoisotopic (exact) mass is 860 g/mol. The van der Waals surface area contributed by atoms with Crippen LogP contribution >= 0.6 is 7.82 Å². The van der Waals surface area contributed by atoms with Crippen LogP contribution in [0.3, 0.4) is 0 Å². The van der Waals surface area contributed by atoms with E-state index in [1.807, 2.05) is 0 Å². The molecule has 3 N–H and O–H groups in total. The summed E-state index contributed by atoms with van der Waals surface area (Å²) < 4.78 is 27.0. The number of amides is 1. The minimum Gasteiger partial charge on any atom is -0.463 e. The average Bonchev–Trinajstić information content (AvgIpc) is 3.22. The number of carbonyl (C=O) groups excluding carboxylic acids is 2. The summed E-state index contributed by atoms with van der Waals surface area (Å²) >= 11 is 0. The second-order valence-corrected chi connectivity index (χ2v) is 19.0. The maximum Gasteiger partial charge on any atom is 0.472 e. The SMILES string of the molecule is CCCCCCCCCCCCCCCCCCCCCCC(=O)OCC(O)COP(=O)(O)OCCNC(=O)CCCCCCCCCCCCCCCCCCCC. The quantitative estimate of drug-likeness (QED) is 0.0313. The molecule has 0 aliphatic rings. The summed E-state index contributed by atoms with van der Waals surface area (Å²) in [7, 11) is -4.41. The van der Waals surface area contributed by atoms with Gasteiger partial charge in [0.05, 0.1) is 13.2 Å². The Hall–Kier alpha value is -0.990. The van der Waals surface area contributed by atoms with E-state index >= 15 is 0 Å². The molecule has 0 rings (SSSR count). The van der Waals surface area contributed by atoms with E-state index in [9.17, 15) is 24.2 Å². The molecule has 0 bridgehead atoms. The van der Waals surface area contributed by atoms with Gasteiger partial charge in [0, 0.05) is 19.4 Å². The highest BCUT2D eigenvalue weighted by Crippen LogP contribution is 2.42. The molecule has 0 radical (unpaired) electrons. The number of ether oxygens (including phenoxy) is 1. The van der Waals surface area contributed by atoms with E-state index in [0.29, 0.717) is 12.8 Å². The van der Waals surface area contributed by atoms with Crippen LogP contribution in [0.2, 0.25) is 0 Å². The van der Waals surface area contributed by atoms with Crippen molar-refractivity contribution in [1.29, 1.82) is 0 Å². The Morgan fingerprint density at radius 2 is 0.763 bits per heavy atom. The van der Waals surface area contributed by atoms with Gasteiger partial charge in [-0.25, -0.2) is 4.57 Å². The van der Waals surface area contributed by atoms with Crippen molar-refractivity contribution in [3.8, 4) is 0 Å². The summed E-state index contributed by atoms with van der Waals surface area (Å²) in [6.45, 7) is 3.63. The van der Waals surface area contributed by atoms with Gasteiger partial charge in [-0.15, -0.1) is 0 Å². The molecule has 59 heavy (non-hydrogen) atoms. The van der Waals surface area contributed by atoms with Crippen LogP contribution in [-0.2, 0) is 27.9 Å². The van der Waals surface area contributed by atoms with Gasteiger partial charge >= 0.3 is 13.8 Å². The fourth-order valence-electron chi connectivity index (χ4n) is 7.68. The molecular weight excluding hydrogens is 762 g/mol. The summed E-state index contributed by atoms with van der Waals surface area (Å²) in [5.74, 6) is -0.498. The molecule has 0 aliphatic heterocycles. The van der Waals surface area contributed by atoms with Gasteiger partial charge in [0.25, 0.3) is 0 Å². The van der Waals surface area contributed by atoms with Crippen molar-refractivity contribution in [2.24, 2.45) is 0 Å². The van der Waals surface area contributed by atoms with Gasteiger partial charge in [-0.3, -0.25) is 18.6 Å². The maximum atomic E-state index is 12.1. The van der Waals surface area contributed by atoms with Gasteiger partial charge in [-0.1, -0.05) is 245 Å². The highest BCUT2D eigenvalue weighted by molar-refractivity contribution is 7.47. The van der Waals surface area contributed by atoms with Gasteiger partial charge in [0.15, 0.2) is 0 Å². The number of unbranched alkanes of at least 4 members (excludes halogenated alkanes) is 36. The largest absolute Gasteiger partial charge is 0.472 e. The molecule has 0 aromatic rings. The number of rotatable bonds is 49. The second kappa shape index (κ2) is 46.5. The number of hydrogen-bond donors (Lipinski definition) is 3. The zero-order chi connectivity index (χ0) is 43.2. The van der Waals surface area contributed by atoms with Crippen molar-refractivity contribution in [1.82, 2.24) is 5.32 Å². The lowest BCUT2D eigenvalue weighted by Crippen LogP contribution is -2.27. The zero-order valence-corrected chi connectivity index (χ0v) is 39.9. The first-order valence-corrected chi connectivity index (χ1v) is 27.0. The Balaban J connectivity index is 3.50. The summed E-state index contributed by atoms with van der Waals surface area (Å²) in [4.78, 5) is 34.0. The molecule has 2 atom stereocenters. The number of phosphoric ester groups is 1. The molecular formula is C49H98NO8P. The smallest absolute Gasteiger partial charge is 0.463 e. The van der Waals surface area contributed by atoms with Gasteiger partial charge < -0.3 is 20.1 Å². The minimum absolute atomic E-state index is 0.0888. The van der Waals surface area contributed by atoms with E-state index in [2.05, 4.69) is 19.2 Å². The molecule has 1 amide bonds. The van der Waals surface area contributed by atoms with Crippen LogP contribution in [0.15, 0.2) is 0 Å². The first kappa shape index (κ1) is 58.0. The highest BCUT2D eigenvalue weighted by Gasteiger charge is 2.23. The third-order valence-electron chi connectivity index (χ3n) is 11.5.